The van der Waals surface area contributed by atoms with Gasteiger partial charge in [-0.3, -0.25) is 0 Å². The summed E-state index contributed by atoms with van der Waals surface area (Å²) in [5.74, 6) is -2.28. The van der Waals surface area contributed by atoms with E-state index in [4.69, 9.17) is 9.47 Å². The summed E-state index contributed by atoms with van der Waals surface area (Å²) >= 11 is 0. The Bertz CT molecular complexity index is 740. The second kappa shape index (κ2) is 6.71. The van der Waals surface area contributed by atoms with Gasteiger partial charge in [-0.2, -0.15) is 0 Å². The van der Waals surface area contributed by atoms with Crippen molar-refractivity contribution in [1.29, 1.82) is 0 Å². The molecule has 1 aromatic rings. The van der Waals surface area contributed by atoms with Crippen LogP contribution in [0, 0.1) is 41.1 Å². The van der Waals surface area contributed by atoms with Gasteiger partial charge in [0.2, 0.25) is 0 Å². The van der Waals surface area contributed by atoms with E-state index in [2.05, 4.69) is 0 Å². The van der Waals surface area contributed by atoms with Crippen LogP contribution in [0.25, 0.3) is 0 Å². The fraction of sp³-hybridized carbons (Fsp3) is 0.727. The van der Waals surface area contributed by atoms with Crippen molar-refractivity contribution in [3.63, 3.8) is 0 Å². The van der Waals surface area contributed by atoms with Crippen LogP contribution in [0.3, 0.4) is 0 Å². The van der Waals surface area contributed by atoms with Gasteiger partial charge in [0, 0.05) is 12.8 Å². The summed E-state index contributed by atoms with van der Waals surface area (Å²) in [4.78, 5) is 0. The third-order valence-electron chi connectivity index (χ3n) is 7.93. The van der Waals surface area contributed by atoms with Crippen molar-refractivity contribution < 1.29 is 27.8 Å². The van der Waals surface area contributed by atoms with Gasteiger partial charge in [0.1, 0.15) is 0 Å². The molecule has 5 rings (SSSR count). The number of hydrogen-bond acceptors (Lipinski definition) is 3. The van der Waals surface area contributed by atoms with E-state index in [-0.39, 0.29) is 11.4 Å². The number of hydrogen-bond donors (Lipinski definition) is 1. The zero-order valence-electron chi connectivity index (χ0n) is 15.9. The van der Waals surface area contributed by atoms with Crippen LogP contribution in [0.4, 0.5) is 13.2 Å². The highest BCUT2D eigenvalue weighted by Crippen LogP contribution is 2.57. The Morgan fingerprint density at radius 3 is 2.04 bits per heavy atom. The maximum absolute atomic E-state index is 13.7. The van der Waals surface area contributed by atoms with Gasteiger partial charge < -0.3 is 14.6 Å². The Hall–Kier alpha value is -1.11. The summed E-state index contributed by atoms with van der Waals surface area (Å²) in [6.45, 7) is 1.36. The first-order valence-electron chi connectivity index (χ1n) is 10.5. The average molecular weight is 396 g/mol. The molecule has 154 valence electrons. The largest absolute Gasteiger partial charge is 0.385 e. The highest BCUT2D eigenvalue weighted by molar-refractivity contribution is 5.26. The van der Waals surface area contributed by atoms with E-state index in [1.54, 1.807) is 0 Å². The Balaban J connectivity index is 1.33. The van der Waals surface area contributed by atoms with E-state index in [1.807, 2.05) is 0 Å². The second-order valence-corrected chi connectivity index (χ2v) is 9.30. The Morgan fingerprint density at radius 2 is 1.39 bits per heavy atom. The van der Waals surface area contributed by atoms with Crippen LogP contribution in [0.15, 0.2) is 12.1 Å². The van der Waals surface area contributed by atoms with Gasteiger partial charge in [0.15, 0.2) is 23.2 Å². The number of benzene rings is 1. The molecule has 1 saturated heterocycles. The van der Waals surface area contributed by atoms with Gasteiger partial charge in [-0.05, 0) is 79.9 Å². The molecule has 3 saturated carbocycles. The van der Waals surface area contributed by atoms with E-state index in [1.165, 1.54) is 0 Å². The molecule has 0 amide bonds. The zero-order chi connectivity index (χ0) is 19.5. The molecule has 0 bridgehead atoms. The molecule has 1 spiro atoms. The molecule has 1 heterocycles. The average Bonchev–Trinajstić information content (AvgIpc) is 3.13. The molecule has 3 aliphatic carbocycles. The third kappa shape index (κ3) is 2.99. The molecule has 6 heteroatoms. The van der Waals surface area contributed by atoms with E-state index in [0.717, 1.165) is 50.7 Å². The maximum Gasteiger partial charge on any atom is 0.194 e. The molecule has 0 aromatic heterocycles. The van der Waals surface area contributed by atoms with Crippen LogP contribution in [0.5, 0.6) is 0 Å². The predicted molar refractivity (Wildman–Crippen MR) is 95.7 cm³/mol. The molecule has 1 aromatic carbocycles. The Labute approximate surface area is 163 Å². The normalized spacial score (nSPS) is 39.6. The molecule has 1 aliphatic heterocycles. The first kappa shape index (κ1) is 18.9. The molecule has 1 N–H and O–H groups in total. The van der Waals surface area contributed by atoms with Crippen LogP contribution in [0.1, 0.15) is 56.9 Å². The molecule has 3 nitrogen and oxygen atoms in total. The summed E-state index contributed by atoms with van der Waals surface area (Å²) in [5, 5.41) is 11.2. The molecule has 0 radical (unpaired) electrons. The lowest BCUT2D eigenvalue weighted by Crippen LogP contribution is -2.49. The van der Waals surface area contributed by atoms with E-state index in [0.29, 0.717) is 49.7 Å². The van der Waals surface area contributed by atoms with Crippen molar-refractivity contribution in [2.24, 2.45) is 23.7 Å². The summed E-state index contributed by atoms with van der Waals surface area (Å²) in [6.07, 6.45) is 6.81. The van der Waals surface area contributed by atoms with Crippen LogP contribution >= 0.6 is 0 Å². The fourth-order valence-corrected chi connectivity index (χ4v) is 6.64. The van der Waals surface area contributed by atoms with Gasteiger partial charge in [-0.25, -0.2) is 13.2 Å². The topological polar surface area (TPSA) is 38.7 Å². The highest BCUT2D eigenvalue weighted by atomic mass is 19.2. The van der Waals surface area contributed by atoms with Gasteiger partial charge in [-0.15, -0.1) is 0 Å². The van der Waals surface area contributed by atoms with E-state index in [9.17, 15) is 18.3 Å². The standard InChI is InChI=1S/C22H27F3O3/c23-18-9-15(10-19(24)20(18)25)21(26)5-3-16-13(11-21)1-2-14-12-22(6-4-17(14)16)27-7-8-28-22/h9-10,13-14,16-17,26H,1-8,11-12H2. The van der Waals surface area contributed by atoms with Crippen LogP contribution in [0.2, 0.25) is 0 Å². The van der Waals surface area contributed by atoms with Crippen molar-refractivity contribution in [2.75, 3.05) is 13.2 Å². The SMILES string of the molecule is OC1(c2cc(F)c(F)c(F)c2)CCC2C(CCC3CC4(CCC32)OCCO4)C1. The molecular formula is C22H27F3O3. The minimum Gasteiger partial charge on any atom is -0.385 e. The highest BCUT2D eigenvalue weighted by Gasteiger charge is 2.52. The molecule has 4 fully saturated rings. The first-order valence-corrected chi connectivity index (χ1v) is 10.5. The molecule has 28 heavy (non-hydrogen) atoms. The molecule has 5 unspecified atom stereocenters. The summed E-state index contributed by atoms with van der Waals surface area (Å²) in [7, 11) is 0. The fourth-order valence-electron chi connectivity index (χ4n) is 6.64. The number of fused-ring (bicyclic) bond motifs is 3. The monoisotopic (exact) mass is 396 g/mol. The van der Waals surface area contributed by atoms with Crippen LogP contribution in [-0.4, -0.2) is 24.1 Å². The number of aliphatic hydroxyl groups is 1. The number of halogens is 3. The predicted octanol–water partition coefficient (Wildman–Crippen LogP) is 4.66. The Morgan fingerprint density at radius 1 is 0.821 bits per heavy atom. The summed E-state index contributed by atoms with van der Waals surface area (Å²) in [5.41, 5.74) is -1.11. The molecule has 5 atom stereocenters. The lowest BCUT2D eigenvalue weighted by Gasteiger charge is -2.53. The molecular weight excluding hydrogens is 369 g/mol. The lowest BCUT2D eigenvalue weighted by atomic mass is 9.54. The van der Waals surface area contributed by atoms with Crippen molar-refractivity contribution in [3.8, 4) is 0 Å². The summed E-state index contributed by atoms with van der Waals surface area (Å²) in [6, 6.07) is 1.92. The third-order valence-corrected chi connectivity index (χ3v) is 7.93. The van der Waals surface area contributed by atoms with Crippen LogP contribution < -0.4 is 0 Å². The van der Waals surface area contributed by atoms with Crippen molar-refractivity contribution >= 4 is 0 Å². The minimum absolute atomic E-state index is 0.167. The zero-order valence-corrected chi connectivity index (χ0v) is 15.9. The van der Waals surface area contributed by atoms with Gasteiger partial charge >= 0.3 is 0 Å². The minimum atomic E-state index is -1.48. The molecule has 4 aliphatic rings. The van der Waals surface area contributed by atoms with Crippen molar-refractivity contribution in [3.05, 3.63) is 35.1 Å². The van der Waals surface area contributed by atoms with Gasteiger partial charge in [0.05, 0.1) is 18.8 Å². The quantitative estimate of drug-likeness (QED) is 0.702. The smallest absolute Gasteiger partial charge is 0.194 e. The lowest BCUT2D eigenvalue weighted by molar-refractivity contribution is -0.208. The van der Waals surface area contributed by atoms with Gasteiger partial charge in [-0.1, -0.05) is 0 Å². The van der Waals surface area contributed by atoms with Crippen molar-refractivity contribution in [2.45, 2.75) is 62.8 Å². The summed E-state index contributed by atoms with van der Waals surface area (Å²) < 4.78 is 52.6. The number of rotatable bonds is 1. The maximum atomic E-state index is 13.7. The van der Waals surface area contributed by atoms with E-state index >= 15 is 0 Å². The van der Waals surface area contributed by atoms with E-state index < -0.39 is 23.1 Å². The number of ether oxygens (including phenoxy) is 2. The van der Waals surface area contributed by atoms with Crippen molar-refractivity contribution in [1.82, 2.24) is 0 Å². The van der Waals surface area contributed by atoms with Crippen LogP contribution in [-0.2, 0) is 15.1 Å². The van der Waals surface area contributed by atoms with Gasteiger partial charge in [0.25, 0.3) is 0 Å². The second-order valence-electron chi connectivity index (χ2n) is 9.30. The first-order chi connectivity index (χ1) is 13.4. The Kier molecular flexibility index (Phi) is 4.53.